The maximum absolute atomic E-state index is 14.4. The first-order valence-electron chi connectivity index (χ1n) is 9.21. The number of nitrogens with one attached hydrogen (secondary N) is 3. The molecule has 0 aliphatic carbocycles. The molecule has 0 atom stereocenters. The number of halogens is 7. The maximum Gasteiger partial charge on any atom is 0.442 e. The van der Waals surface area contributed by atoms with E-state index in [1.54, 1.807) is 0 Å². The third kappa shape index (κ3) is 9.57. The van der Waals surface area contributed by atoms with Gasteiger partial charge in [0, 0.05) is 11.4 Å². The van der Waals surface area contributed by atoms with Crippen molar-refractivity contribution in [1.29, 1.82) is 0 Å². The van der Waals surface area contributed by atoms with Gasteiger partial charge >= 0.3 is 5.51 Å². The van der Waals surface area contributed by atoms with Crippen molar-refractivity contribution in [2.75, 3.05) is 21.7 Å². The van der Waals surface area contributed by atoms with Crippen molar-refractivity contribution in [1.82, 2.24) is 0 Å². The molecule has 3 N–H and O–H groups in total. The molecule has 184 valence electrons. The molecule has 0 fully saturated rings. The lowest BCUT2D eigenvalue weighted by atomic mass is 10.1. The average Bonchev–Trinajstić information content (AvgIpc) is 2.68. The summed E-state index contributed by atoms with van der Waals surface area (Å²) in [6.45, 7) is 1.43. The van der Waals surface area contributed by atoms with Gasteiger partial charge in [-0.05, 0) is 55.1 Å². The first-order chi connectivity index (χ1) is 15.6. The third-order valence-electron chi connectivity index (χ3n) is 3.83. The van der Waals surface area contributed by atoms with Crippen LogP contribution in [-0.2, 0) is 9.59 Å². The van der Waals surface area contributed by atoms with Gasteiger partial charge in [-0.3, -0.25) is 14.4 Å². The number of hydrogen-bond donors (Lipinski definition) is 3. The van der Waals surface area contributed by atoms with Crippen molar-refractivity contribution in [3.63, 3.8) is 0 Å². The highest BCUT2D eigenvalue weighted by Gasteiger charge is 2.29. The minimum absolute atomic E-state index is 0.0153. The summed E-state index contributed by atoms with van der Waals surface area (Å²) in [5.74, 6) is -4.16. The summed E-state index contributed by atoms with van der Waals surface area (Å²) in [5, 5.41) is 6.94. The van der Waals surface area contributed by atoms with Gasteiger partial charge in [0.25, 0.3) is 5.91 Å². The molecule has 14 heteroatoms. The van der Waals surface area contributed by atoms with Gasteiger partial charge < -0.3 is 16.0 Å². The van der Waals surface area contributed by atoms with E-state index in [2.05, 4.69) is 16.0 Å². The van der Waals surface area contributed by atoms with Gasteiger partial charge in [-0.15, -0.1) is 23.2 Å². The van der Waals surface area contributed by atoms with Crippen LogP contribution in [0.2, 0.25) is 5.02 Å². The van der Waals surface area contributed by atoms with Crippen LogP contribution in [0.25, 0.3) is 0 Å². The van der Waals surface area contributed by atoms with Crippen molar-refractivity contribution >= 4 is 81.3 Å². The summed E-state index contributed by atoms with van der Waals surface area (Å²) in [6.07, 6.45) is -0.219. The van der Waals surface area contributed by atoms with E-state index in [1.165, 1.54) is 31.2 Å². The predicted octanol–water partition coefficient (Wildman–Crippen LogP) is 6.45. The van der Waals surface area contributed by atoms with E-state index in [9.17, 15) is 31.9 Å². The molecular weight excluding hydrogens is 545 g/mol. The minimum atomic E-state index is -4.58. The number of alkyl halides is 5. The van der Waals surface area contributed by atoms with Crippen LogP contribution < -0.4 is 16.0 Å². The highest BCUT2D eigenvalue weighted by Crippen LogP contribution is 2.30. The number of hydrogen-bond acceptors (Lipinski definition) is 4. The second-order valence-electron chi connectivity index (χ2n) is 6.92. The molecule has 0 radical (unpaired) electrons. The van der Waals surface area contributed by atoms with Gasteiger partial charge in [-0.25, -0.2) is 4.39 Å². The van der Waals surface area contributed by atoms with E-state index in [-0.39, 0.29) is 34.1 Å². The molecule has 0 spiro atoms. The number of rotatable bonds is 8. The lowest BCUT2D eigenvalue weighted by Crippen LogP contribution is -2.21. The van der Waals surface area contributed by atoms with E-state index in [4.69, 9.17) is 34.8 Å². The second kappa shape index (κ2) is 11.5. The minimum Gasteiger partial charge on any atom is -0.326 e. The van der Waals surface area contributed by atoms with Gasteiger partial charge in [0.2, 0.25) is 11.8 Å². The molecule has 6 nitrogen and oxygen atoms in total. The Bertz CT molecular complexity index is 1090. The first kappa shape index (κ1) is 28.0. The molecule has 0 aromatic heterocycles. The third-order valence-corrected chi connectivity index (χ3v) is 5.16. The van der Waals surface area contributed by atoms with Gasteiger partial charge in [0.15, 0.2) is 0 Å². The quantitative estimate of drug-likeness (QED) is 0.256. The molecule has 0 saturated heterocycles. The van der Waals surface area contributed by atoms with E-state index in [0.29, 0.717) is 0 Å². The normalized spacial score (nSPS) is 11.6. The Morgan fingerprint density at radius 2 is 1.53 bits per heavy atom. The number of carbonyl (C=O) groups is 3. The van der Waals surface area contributed by atoms with E-state index in [1.807, 2.05) is 0 Å². The molecule has 0 unspecified atom stereocenters. The van der Waals surface area contributed by atoms with Crippen LogP contribution in [0.3, 0.4) is 0 Å². The number of anilines is 3. The maximum atomic E-state index is 14.4. The van der Waals surface area contributed by atoms with Crippen LogP contribution >= 0.6 is 46.6 Å². The van der Waals surface area contributed by atoms with Crippen molar-refractivity contribution in [2.45, 2.75) is 23.2 Å². The Morgan fingerprint density at radius 3 is 2.12 bits per heavy atom. The first-order valence-corrected chi connectivity index (χ1v) is 11.3. The fourth-order valence-corrected chi connectivity index (χ4v) is 3.31. The van der Waals surface area contributed by atoms with Crippen molar-refractivity contribution < 1.29 is 31.9 Å². The van der Waals surface area contributed by atoms with Gasteiger partial charge in [-0.2, -0.15) is 13.2 Å². The topological polar surface area (TPSA) is 87.3 Å². The molecule has 0 saturated carbocycles. The van der Waals surface area contributed by atoms with Gasteiger partial charge in [0.05, 0.1) is 28.4 Å². The highest BCUT2D eigenvalue weighted by atomic mass is 35.5. The predicted molar refractivity (Wildman–Crippen MR) is 126 cm³/mol. The van der Waals surface area contributed by atoms with Gasteiger partial charge in [-0.1, -0.05) is 11.6 Å². The van der Waals surface area contributed by atoms with E-state index < -0.39 is 50.9 Å². The fraction of sp³-hybridized carbons (Fsp3) is 0.250. The average molecular weight is 561 g/mol. The standard InChI is InChI=1S/C20H16Cl3F4N3O3S/c1-19(22,23)8-16(31)28-10-2-4-13(21)12(6-10)18(33)30-15-5-3-11(7-14(15)24)29-17(32)9-34-20(25,26)27/h2-7H,8-9H2,1H3,(H,28,31)(H,29,32)(H,30,33). The molecule has 2 rings (SSSR count). The monoisotopic (exact) mass is 559 g/mol. The highest BCUT2D eigenvalue weighted by molar-refractivity contribution is 8.00. The molecule has 34 heavy (non-hydrogen) atoms. The summed E-state index contributed by atoms with van der Waals surface area (Å²) in [7, 11) is 0. The lowest BCUT2D eigenvalue weighted by Gasteiger charge is -2.14. The Kier molecular flexibility index (Phi) is 9.46. The molecule has 0 bridgehead atoms. The lowest BCUT2D eigenvalue weighted by molar-refractivity contribution is -0.116. The van der Waals surface area contributed by atoms with Crippen LogP contribution in [0, 0.1) is 5.82 Å². The van der Waals surface area contributed by atoms with Crippen molar-refractivity contribution in [3.05, 3.63) is 52.8 Å². The zero-order valence-electron chi connectivity index (χ0n) is 17.2. The number of amides is 3. The smallest absolute Gasteiger partial charge is 0.326 e. The summed E-state index contributed by atoms with van der Waals surface area (Å²) in [5.41, 5.74) is -4.82. The Labute approximate surface area is 210 Å². The fourth-order valence-electron chi connectivity index (χ4n) is 2.49. The Morgan fingerprint density at radius 1 is 0.941 bits per heavy atom. The number of thioether (sulfide) groups is 1. The molecule has 0 aliphatic rings. The molecule has 2 aromatic rings. The molecule has 0 aliphatic heterocycles. The molecule has 0 heterocycles. The van der Waals surface area contributed by atoms with Crippen LogP contribution in [0.5, 0.6) is 0 Å². The van der Waals surface area contributed by atoms with Crippen molar-refractivity contribution in [3.8, 4) is 0 Å². The summed E-state index contributed by atoms with van der Waals surface area (Å²) in [6, 6.07) is 7.19. The van der Waals surface area contributed by atoms with Crippen LogP contribution in [0.1, 0.15) is 23.7 Å². The summed E-state index contributed by atoms with van der Waals surface area (Å²) < 4.78 is 49.6. The number of carbonyl (C=O) groups excluding carboxylic acids is 3. The van der Waals surface area contributed by atoms with E-state index >= 15 is 0 Å². The van der Waals surface area contributed by atoms with Crippen LogP contribution in [0.4, 0.5) is 34.6 Å². The van der Waals surface area contributed by atoms with E-state index in [0.717, 1.165) is 12.1 Å². The zero-order chi connectivity index (χ0) is 25.7. The van der Waals surface area contributed by atoms with Crippen LogP contribution in [0.15, 0.2) is 36.4 Å². The Balaban J connectivity index is 2.07. The molecule has 3 amide bonds. The largest absolute Gasteiger partial charge is 0.442 e. The SMILES string of the molecule is CC(Cl)(Cl)CC(=O)Nc1ccc(Cl)c(C(=O)Nc2ccc(NC(=O)CSC(F)(F)F)cc2F)c1. The van der Waals surface area contributed by atoms with Crippen LogP contribution in [-0.4, -0.2) is 33.3 Å². The van der Waals surface area contributed by atoms with Gasteiger partial charge in [0.1, 0.15) is 10.2 Å². The summed E-state index contributed by atoms with van der Waals surface area (Å²) in [4.78, 5) is 36.1. The second-order valence-corrected chi connectivity index (χ2v) is 10.2. The summed E-state index contributed by atoms with van der Waals surface area (Å²) >= 11 is 17.1. The Hall–Kier alpha value is -2.21. The van der Waals surface area contributed by atoms with Crippen molar-refractivity contribution in [2.24, 2.45) is 0 Å². The number of benzene rings is 2. The molecular formula is C20H16Cl3F4N3O3S. The zero-order valence-corrected chi connectivity index (χ0v) is 20.2. The molecule has 2 aromatic carbocycles.